The molecule has 0 spiro atoms. The predicted molar refractivity (Wildman–Crippen MR) is 109 cm³/mol. The lowest BCUT2D eigenvalue weighted by molar-refractivity contribution is -0.0979. The van der Waals surface area contributed by atoms with Crippen molar-refractivity contribution in [2.45, 2.75) is 19.8 Å². The quantitative estimate of drug-likeness (QED) is 0.807. The van der Waals surface area contributed by atoms with E-state index in [0.717, 1.165) is 24.6 Å². The van der Waals surface area contributed by atoms with E-state index in [0.29, 0.717) is 29.1 Å². The topological polar surface area (TPSA) is 85.8 Å². The molecule has 1 aromatic carbocycles. The lowest BCUT2D eigenvalue weighted by atomic mass is 10.0. The van der Waals surface area contributed by atoms with Crippen LogP contribution in [-0.4, -0.2) is 51.2 Å². The van der Waals surface area contributed by atoms with Gasteiger partial charge >= 0.3 is 0 Å². The fourth-order valence-corrected chi connectivity index (χ4v) is 3.27. The summed E-state index contributed by atoms with van der Waals surface area (Å²) in [6, 6.07) is 5.62. The number of methoxy groups -OCH3 is 3. The van der Waals surface area contributed by atoms with Gasteiger partial charge in [-0.1, -0.05) is 6.92 Å². The lowest BCUT2D eigenvalue weighted by Gasteiger charge is -2.31. The molecule has 0 amide bonds. The molecule has 152 valence electrons. The molecule has 0 unspecified atom stereocenters. The van der Waals surface area contributed by atoms with Crippen molar-refractivity contribution >= 4 is 24.2 Å². The number of carbonyl (C=O) groups is 1. The van der Waals surface area contributed by atoms with Crippen LogP contribution in [0.5, 0.6) is 17.2 Å². The van der Waals surface area contributed by atoms with Crippen LogP contribution in [0.25, 0.3) is 0 Å². The number of ether oxygens (including phenoxy) is 3. The van der Waals surface area contributed by atoms with E-state index < -0.39 is 0 Å². The summed E-state index contributed by atoms with van der Waals surface area (Å²) in [5.74, 6) is 3.88. The molecule has 0 saturated carbocycles. The molecule has 8 heteroatoms. The Labute approximate surface area is 165 Å². The van der Waals surface area contributed by atoms with Gasteiger partial charge in [-0.2, -0.15) is 4.98 Å². The first-order valence-electron chi connectivity index (χ1n) is 9.08. The number of rotatable bonds is 6. The molecule has 2 aromatic rings. The predicted octanol–water partition coefficient (Wildman–Crippen LogP) is 3.30. The van der Waals surface area contributed by atoms with Crippen molar-refractivity contribution < 1.29 is 19.0 Å². The molecular weight excluding hydrogens is 360 g/mol. The highest BCUT2D eigenvalue weighted by molar-refractivity contribution is 5.66. The monoisotopic (exact) mass is 388 g/mol. The van der Waals surface area contributed by atoms with E-state index in [1.54, 1.807) is 27.5 Å². The molecule has 1 aliphatic rings. The second-order valence-electron chi connectivity index (χ2n) is 6.47. The standard InChI is InChI=1S/C19H26N4O3.CH2O/c1-13-6-5-9-23(12-13)17-7-8-20-19(22-17)21-14-10-15(24-2)18(26-4)16(11-14)25-3;1-2/h7-8,10-11,13H,5-6,9,12H2,1-4H3,(H,20,21,22);1H2/t13-;/m0./s1. The molecule has 2 heterocycles. The van der Waals surface area contributed by atoms with Gasteiger partial charge in [-0.25, -0.2) is 4.98 Å². The molecule has 1 N–H and O–H groups in total. The van der Waals surface area contributed by atoms with Crippen LogP contribution in [0.15, 0.2) is 24.4 Å². The van der Waals surface area contributed by atoms with Gasteiger partial charge in [0.25, 0.3) is 0 Å². The molecule has 28 heavy (non-hydrogen) atoms. The van der Waals surface area contributed by atoms with Crippen molar-refractivity contribution in [2.75, 3.05) is 44.6 Å². The maximum Gasteiger partial charge on any atom is 0.229 e. The second-order valence-corrected chi connectivity index (χ2v) is 6.47. The third-order valence-electron chi connectivity index (χ3n) is 4.54. The highest BCUT2D eigenvalue weighted by Crippen LogP contribution is 2.40. The number of nitrogens with one attached hydrogen (secondary N) is 1. The number of benzene rings is 1. The molecule has 8 nitrogen and oxygen atoms in total. The van der Waals surface area contributed by atoms with E-state index in [1.807, 2.05) is 25.0 Å². The fourth-order valence-electron chi connectivity index (χ4n) is 3.27. The minimum Gasteiger partial charge on any atom is -0.493 e. The number of aromatic nitrogens is 2. The van der Waals surface area contributed by atoms with Crippen LogP contribution < -0.4 is 24.4 Å². The van der Waals surface area contributed by atoms with Crippen LogP contribution in [0.2, 0.25) is 0 Å². The molecular formula is C20H28N4O4. The fraction of sp³-hybridized carbons (Fsp3) is 0.450. The van der Waals surface area contributed by atoms with Crippen molar-refractivity contribution in [2.24, 2.45) is 5.92 Å². The zero-order chi connectivity index (χ0) is 20.5. The summed E-state index contributed by atoms with van der Waals surface area (Å²) in [6.45, 7) is 6.34. The van der Waals surface area contributed by atoms with E-state index in [9.17, 15) is 0 Å². The summed E-state index contributed by atoms with van der Waals surface area (Å²) in [5, 5.41) is 3.23. The lowest BCUT2D eigenvalue weighted by Crippen LogP contribution is -2.34. The van der Waals surface area contributed by atoms with E-state index in [2.05, 4.69) is 27.1 Å². The number of hydrogen-bond acceptors (Lipinski definition) is 8. The summed E-state index contributed by atoms with van der Waals surface area (Å²) >= 11 is 0. The van der Waals surface area contributed by atoms with E-state index in [4.69, 9.17) is 19.0 Å². The number of anilines is 3. The van der Waals surface area contributed by atoms with Crippen molar-refractivity contribution in [3.05, 3.63) is 24.4 Å². The number of carbonyl (C=O) groups excluding carboxylic acids is 1. The Kier molecular flexibility index (Phi) is 7.86. The first kappa shape index (κ1) is 21.3. The first-order chi connectivity index (χ1) is 13.6. The van der Waals surface area contributed by atoms with Gasteiger partial charge in [0.1, 0.15) is 12.6 Å². The van der Waals surface area contributed by atoms with Crippen molar-refractivity contribution in [1.29, 1.82) is 0 Å². The molecule has 1 aliphatic heterocycles. The van der Waals surface area contributed by atoms with Crippen molar-refractivity contribution in [3.63, 3.8) is 0 Å². The molecule has 1 saturated heterocycles. The summed E-state index contributed by atoms with van der Waals surface area (Å²) in [5.41, 5.74) is 0.767. The Hall–Kier alpha value is -3.03. The summed E-state index contributed by atoms with van der Waals surface area (Å²) in [4.78, 5) is 19.3. The SMILES string of the molecule is C=O.COc1cc(Nc2nccc(N3CCC[C@H](C)C3)n2)cc(OC)c1OC. The third-order valence-corrected chi connectivity index (χ3v) is 4.54. The zero-order valence-corrected chi connectivity index (χ0v) is 16.9. The van der Waals surface area contributed by atoms with E-state index >= 15 is 0 Å². The summed E-state index contributed by atoms with van der Waals surface area (Å²) in [6.07, 6.45) is 4.25. The highest BCUT2D eigenvalue weighted by Gasteiger charge is 2.18. The minimum atomic E-state index is 0.537. The maximum absolute atomic E-state index is 8.00. The Balaban J connectivity index is 0.00000136. The van der Waals surface area contributed by atoms with E-state index in [-0.39, 0.29) is 0 Å². The van der Waals surface area contributed by atoms with Crippen LogP contribution in [0.1, 0.15) is 19.8 Å². The Morgan fingerprint density at radius 3 is 2.39 bits per heavy atom. The second kappa shape index (κ2) is 10.3. The van der Waals surface area contributed by atoms with Gasteiger partial charge in [0.05, 0.1) is 21.3 Å². The first-order valence-corrected chi connectivity index (χ1v) is 9.08. The van der Waals surface area contributed by atoms with Gasteiger partial charge in [0.15, 0.2) is 11.5 Å². The Morgan fingerprint density at radius 1 is 1.14 bits per heavy atom. The van der Waals surface area contributed by atoms with E-state index in [1.165, 1.54) is 12.8 Å². The largest absolute Gasteiger partial charge is 0.493 e. The zero-order valence-electron chi connectivity index (χ0n) is 16.9. The van der Waals surface area contributed by atoms with Crippen LogP contribution in [0, 0.1) is 5.92 Å². The molecule has 1 atom stereocenters. The molecule has 0 aliphatic carbocycles. The van der Waals surface area contributed by atoms with Gasteiger partial charge in [-0.05, 0) is 24.8 Å². The molecule has 0 bridgehead atoms. The smallest absolute Gasteiger partial charge is 0.229 e. The summed E-state index contributed by atoms with van der Waals surface area (Å²) in [7, 11) is 4.77. The molecule has 0 radical (unpaired) electrons. The van der Waals surface area contributed by atoms with Crippen LogP contribution in [-0.2, 0) is 4.79 Å². The van der Waals surface area contributed by atoms with Crippen LogP contribution in [0.3, 0.4) is 0 Å². The van der Waals surface area contributed by atoms with Crippen molar-refractivity contribution in [1.82, 2.24) is 9.97 Å². The highest BCUT2D eigenvalue weighted by atomic mass is 16.5. The molecule has 1 fully saturated rings. The Bertz CT molecular complexity index is 747. The van der Waals surface area contributed by atoms with Gasteiger partial charge in [-0.15, -0.1) is 0 Å². The molecule has 3 rings (SSSR count). The van der Waals surface area contributed by atoms with Gasteiger partial charge < -0.3 is 29.2 Å². The van der Waals surface area contributed by atoms with Crippen molar-refractivity contribution in [3.8, 4) is 17.2 Å². The van der Waals surface area contributed by atoms with Gasteiger partial charge in [-0.3, -0.25) is 0 Å². The molecule has 1 aromatic heterocycles. The van der Waals surface area contributed by atoms with Crippen LogP contribution in [0.4, 0.5) is 17.5 Å². The third kappa shape index (κ3) is 5.03. The maximum atomic E-state index is 8.00. The normalized spacial score (nSPS) is 15.9. The average molecular weight is 388 g/mol. The number of piperidine rings is 1. The Morgan fingerprint density at radius 2 is 1.82 bits per heavy atom. The summed E-state index contributed by atoms with van der Waals surface area (Å²) < 4.78 is 16.1. The number of nitrogens with zero attached hydrogens (tertiary/aromatic N) is 3. The minimum absolute atomic E-state index is 0.537. The van der Waals surface area contributed by atoms with Gasteiger partial charge in [0, 0.05) is 37.1 Å². The van der Waals surface area contributed by atoms with Crippen LogP contribution >= 0.6 is 0 Å². The number of hydrogen-bond donors (Lipinski definition) is 1. The van der Waals surface area contributed by atoms with Gasteiger partial charge in [0.2, 0.25) is 11.7 Å². The average Bonchev–Trinajstić information content (AvgIpc) is 2.74.